The van der Waals surface area contributed by atoms with Gasteiger partial charge in [-0.2, -0.15) is 0 Å². The molecular weight excluding hydrogens is 815 g/mol. The van der Waals surface area contributed by atoms with Crippen LogP contribution in [-0.2, 0) is 12.8 Å². The minimum atomic E-state index is -1.02. The smallest absolute Gasteiger partial charge is 0.161 e. The van der Waals surface area contributed by atoms with Gasteiger partial charge in [-0.15, -0.1) is 0 Å². The molecule has 62 heavy (non-hydrogen) atoms. The first-order chi connectivity index (χ1) is 30.1. The molecule has 2 saturated carbocycles. The van der Waals surface area contributed by atoms with Gasteiger partial charge < -0.3 is 46.3 Å². The van der Waals surface area contributed by atoms with Gasteiger partial charge in [-0.1, -0.05) is 84.3 Å². The highest BCUT2D eigenvalue weighted by atomic mass is 33.1. The van der Waals surface area contributed by atoms with E-state index in [0.29, 0.717) is 48.9 Å². The number of aromatic hydroxyl groups is 1. The summed E-state index contributed by atoms with van der Waals surface area (Å²) in [4.78, 5) is 3.38. The van der Waals surface area contributed by atoms with Gasteiger partial charge in [0.1, 0.15) is 11.9 Å². The topological polar surface area (TPSA) is 164 Å². The van der Waals surface area contributed by atoms with Crippen molar-refractivity contribution >= 4 is 21.6 Å². The molecule has 3 heterocycles. The number of aromatic nitrogens is 1. The molecule has 0 amide bonds. The van der Waals surface area contributed by atoms with E-state index in [1.807, 2.05) is 24.4 Å². The maximum absolute atomic E-state index is 12.5. The zero-order valence-electron chi connectivity index (χ0n) is 36.7. The van der Waals surface area contributed by atoms with Crippen molar-refractivity contribution in [1.29, 1.82) is 0 Å². The predicted octanol–water partition coefficient (Wildman–Crippen LogP) is 7.90. The lowest BCUT2D eigenvalue weighted by molar-refractivity contribution is -0.0468. The second kappa shape index (κ2) is 18.5. The molecule has 2 aliphatic heterocycles. The second-order valence-corrected chi connectivity index (χ2v) is 22.4. The highest BCUT2D eigenvalue weighted by Crippen LogP contribution is 2.62. The monoisotopic (exact) mass is 883 g/mol. The Morgan fingerprint density at radius 2 is 1.85 bits per heavy atom. The molecule has 0 radical (unpaired) electrons. The average molecular weight is 884 g/mol. The first-order valence-corrected chi connectivity index (χ1v) is 26.3. The quantitative estimate of drug-likeness (QED) is 0.0780. The summed E-state index contributed by atoms with van der Waals surface area (Å²) in [6, 6.07) is 7.88. The van der Waals surface area contributed by atoms with Gasteiger partial charge in [-0.3, -0.25) is 0 Å². The molecule has 9 N–H and O–H groups in total. The van der Waals surface area contributed by atoms with E-state index in [1.54, 1.807) is 21.6 Å². The minimum Gasteiger partial charge on any atom is -0.504 e. The zero-order chi connectivity index (χ0) is 43.2. The lowest BCUT2D eigenvalue weighted by Gasteiger charge is -2.46. The third-order valence-electron chi connectivity index (χ3n) is 16.8. The number of aromatic amines is 1. The number of rotatable bonds is 7. The number of aliphatic hydroxyl groups excluding tert-OH is 4. The highest BCUT2D eigenvalue weighted by molar-refractivity contribution is 8.76. The molecule has 5 aliphatic carbocycles. The SMILES string of the molecule is CCC1Cc2cc(O)c(OC3CC(Cc4ccc[nH]4)C4=CCNC(N)=C4CSSCC(CO)C3O)cc2C2CC(O)C3C(C#CC4(CC)CCCC(CC45CCCC5)C3O)C=C12. The molecule has 1 aromatic carbocycles. The van der Waals surface area contributed by atoms with Crippen LogP contribution in [0.25, 0.3) is 0 Å². The molecule has 1 saturated heterocycles. The number of fused-ring (bicyclic) bond motifs is 6. The molecule has 9 rings (SSSR count). The number of nitrogens with two attached hydrogens (primary N) is 1. The average Bonchev–Trinajstić information content (AvgIpc) is 3.91. The van der Waals surface area contributed by atoms with Crippen LogP contribution >= 0.6 is 21.6 Å². The van der Waals surface area contributed by atoms with Crippen LogP contribution in [0.1, 0.15) is 114 Å². The van der Waals surface area contributed by atoms with Gasteiger partial charge in [0.2, 0.25) is 0 Å². The van der Waals surface area contributed by atoms with Crippen molar-refractivity contribution in [3.8, 4) is 23.3 Å². The van der Waals surface area contributed by atoms with Gasteiger partial charge in [0.15, 0.2) is 11.5 Å². The molecular formula is C51H69N3O6S2. The molecule has 12 atom stereocenters. The van der Waals surface area contributed by atoms with E-state index < -0.39 is 30.3 Å². The first-order valence-electron chi connectivity index (χ1n) is 23.8. The number of nitrogens with one attached hydrogen (secondary N) is 2. The largest absolute Gasteiger partial charge is 0.504 e. The molecule has 1 aromatic heterocycles. The van der Waals surface area contributed by atoms with Crippen LogP contribution in [0, 0.1) is 58.2 Å². The first kappa shape index (κ1) is 44.2. The fourth-order valence-corrected chi connectivity index (χ4v) is 16.0. The Morgan fingerprint density at radius 3 is 2.61 bits per heavy atom. The minimum absolute atomic E-state index is 0.0243. The van der Waals surface area contributed by atoms with E-state index in [0.717, 1.165) is 72.9 Å². The van der Waals surface area contributed by atoms with E-state index in [9.17, 15) is 25.5 Å². The van der Waals surface area contributed by atoms with Gasteiger partial charge in [-0.25, -0.2) is 0 Å². The number of benzene rings is 1. The number of allylic oxidation sites excluding steroid dienone is 3. The molecule has 3 fully saturated rings. The normalized spacial score (nSPS) is 36.8. The Morgan fingerprint density at radius 1 is 1.02 bits per heavy atom. The third-order valence-corrected chi connectivity index (χ3v) is 19.2. The van der Waals surface area contributed by atoms with Gasteiger partial charge in [0, 0.05) is 71.2 Å². The summed E-state index contributed by atoms with van der Waals surface area (Å²) in [5, 5.41) is 63.0. The van der Waals surface area contributed by atoms with Gasteiger partial charge in [0.25, 0.3) is 0 Å². The molecule has 7 aliphatic rings. The van der Waals surface area contributed by atoms with Gasteiger partial charge in [0.05, 0.1) is 18.3 Å². The maximum atomic E-state index is 12.5. The number of hydrogen-bond donors (Lipinski definition) is 8. The van der Waals surface area contributed by atoms with Gasteiger partial charge >= 0.3 is 0 Å². The van der Waals surface area contributed by atoms with Crippen molar-refractivity contribution in [2.24, 2.45) is 52.1 Å². The van der Waals surface area contributed by atoms with Crippen molar-refractivity contribution in [3.05, 3.63) is 82.0 Å². The Balaban J connectivity index is 1.09. The number of phenolic OH excluding ortho intramolecular Hbond substituents is 1. The highest BCUT2D eigenvalue weighted by Gasteiger charge is 2.55. The molecule has 9 nitrogen and oxygen atoms in total. The Hall–Kier alpha value is -2.98. The van der Waals surface area contributed by atoms with Crippen LogP contribution in [0.3, 0.4) is 0 Å². The van der Waals surface area contributed by atoms with E-state index in [2.05, 4.69) is 54.2 Å². The summed E-state index contributed by atoms with van der Waals surface area (Å²) >= 11 is 0. The summed E-state index contributed by atoms with van der Waals surface area (Å²) < 4.78 is 6.92. The summed E-state index contributed by atoms with van der Waals surface area (Å²) in [5.74, 6) is 9.06. The van der Waals surface area contributed by atoms with E-state index >= 15 is 0 Å². The summed E-state index contributed by atoms with van der Waals surface area (Å²) in [6.07, 6.45) is 16.5. The van der Waals surface area contributed by atoms with Crippen LogP contribution in [0.15, 0.2) is 65.2 Å². The fourth-order valence-electron chi connectivity index (χ4n) is 13.4. The fraction of sp³-hybridized carbons (Fsp3) is 0.647. The predicted molar refractivity (Wildman–Crippen MR) is 249 cm³/mol. The standard InChI is InChI=1S/C51H69N3O6S2/c1-3-30-19-33-22-42(56)44(60-45-23-34(20-36-10-8-17-53-36)37-12-18-54-49(52)41(37)29-62-61-28-35(27-55)47(45)58)25-39(33)40-24-43(57)46-31(21-38(30)40)11-16-50(4-2)15-7-9-32(48(46)59)26-51(50)13-5-6-14-51/h8,10,12,17,21-22,25,30-32,34-35,40,43,45-48,53-59H,3-7,9,13-15,18-20,23-24,26-29,52H2,1-2H3. The van der Waals surface area contributed by atoms with Crippen molar-refractivity contribution in [2.75, 3.05) is 24.7 Å². The van der Waals surface area contributed by atoms with E-state index in [1.165, 1.54) is 31.3 Å². The van der Waals surface area contributed by atoms with E-state index in [4.69, 9.17) is 10.5 Å². The number of hydrogen-bond acceptors (Lipinski definition) is 10. The second-order valence-electron chi connectivity index (χ2n) is 19.9. The molecule has 1 spiro atoms. The zero-order valence-corrected chi connectivity index (χ0v) is 38.3. The third kappa shape index (κ3) is 8.17. The van der Waals surface area contributed by atoms with Crippen molar-refractivity contribution in [1.82, 2.24) is 10.3 Å². The summed E-state index contributed by atoms with van der Waals surface area (Å²) in [5.41, 5.74) is 13.3. The van der Waals surface area contributed by atoms with Crippen LogP contribution in [0.4, 0.5) is 0 Å². The van der Waals surface area contributed by atoms with Crippen LogP contribution in [-0.4, -0.2) is 79.6 Å². The van der Waals surface area contributed by atoms with E-state index in [-0.39, 0.29) is 58.7 Å². The lowest BCUT2D eigenvalue weighted by Crippen LogP contribution is -2.43. The van der Waals surface area contributed by atoms with Crippen LogP contribution in [0.2, 0.25) is 0 Å². The van der Waals surface area contributed by atoms with Crippen molar-refractivity contribution < 1.29 is 30.3 Å². The van der Waals surface area contributed by atoms with Crippen LogP contribution < -0.4 is 15.8 Å². The maximum Gasteiger partial charge on any atom is 0.161 e. The number of ether oxygens (including phenoxy) is 1. The number of phenols is 1. The summed E-state index contributed by atoms with van der Waals surface area (Å²) in [7, 11) is 3.29. The number of aliphatic hydroxyl groups is 4. The Bertz CT molecular complexity index is 2080. The van der Waals surface area contributed by atoms with Crippen molar-refractivity contribution in [2.45, 2.75) is 134 Å². The summed E-state index contributed by atoms with van der Waals surface area (Å²) in [6.45, 7) is 4.96. The molecule has 336 valence electrons. The molecule has 2 bridgehead atoms. The molecule has 2 aromatic rings. The molecule has 11 heteroatoms. The number of H-pyrrole nitrogens is 1. The molecule has 12 unspecified atom stereocenters. The Kier molecular flexibility index (Phi) is 13.2. The lowest BCUT2D eigenvalue weighted by atomic mass is 9.57. The van der Waals surface area contributed by atoms with Crippen LogP contribution in [0.5, 0.6) is 11.5 Å². The van der Waals surface area contributed by atoms with Crippen molar-refractivity contribution in [3.63, 3.8) is 0 Å². The Labute approximate surface area is 376 Å². The van der Waals surface area contributed by atoms with Gasteiger partial charge in [-0.05, 0) is 135 Å². The number of dihydropyridines is 1.